The fourth-order valence-corrected chi connectivity index (χ4v) is 1.41. The van der Waals surface area contributed by atoms with Crippen molar-refractivity contribution in [2.24, 2.45) is 0 Å². The summed E-state index contributed by atoms with van der Waals surface area (Å²) < 4.78 is 13.1. The zero-order valence-electron chi connectivity index (χ0n) is 9.42. The summed E-state index contributed by atoms with van der Waals surface area (Å²) in [6, 6.07) is 4.53. The molecule has 0 spiro atoms. The Morgan fingerprint density at radius 1 is 1.50 bits per heavy atom. The lowest BCUT2D eigenvalue weighted by Crippen LogP contribution is -2.25. The van der Waals surface area contributed by atoms with Crippen LogP contribution in [0.3, 0.4) is 0 Å². The van der Waals surface area contributed by atoms with E-state index in [1.165, 1.54) is 12.1 Å². The van der Waals surface area contributed by atoms with Gasteiger partial charge < -0.3 is 5.32 Å². The molecule has 0 aliphatic carbocycles. The minimum atomic E-state index is -0.337. The van der Waals surface area contributed by atoms with Crippen LogP contribution in [0.15, 0.2) is 24.8 Å². The molecule has 3 heteroatoms. The highest BCUT2D eigenvalue weighted by molar-refractivity contribution is 5.78. The van der Waals surface area contributed by atoms with Crippen LogP contribution in [0.4, 0.5) is 4.39 Å². The lowest BCUT2D eigenvalue weighted by Gasteiger charge is -2.05. The predicted molar refractivity (Wildman–Crippen MR) is 63.5 cm³/mol. The van der Waals surface area contributed by atoms with E-state index in [1.807, 2.05) is 6.92 Å². The maximum absolute atomic E-state index is 13.1. The summed E-state index contributed by atoms with van der Waals surface area (Å²) in [6.07, 6.45) is 2.67. The van der Waals surface area contributed by atoms with E-state index in [2.05, 4.69) is 11.9 Å². The van der Waals surface area contributed by atoms with Crippen LogP contribution in [0.1, 0.15) is 24.5 Å². The molecule has 1 N–H and O–H groups in total. The molecule has 1 aromatic rings. The van der Waals surface area contributed by atoms with Crippen molar-refractivity contribution in [2.75, 3.05) is 6.54 Å². The van der Waals surface area contributed by atoms with Crippen molar-refractivity contribution in [1.29, 1.82) is 0 Å². The number of hydrogen-bond donors (Lipinski definition) is 1. The Kier molecular flexibility index (Phi) is 4.70. The van der Waals surface area contributed by atoms with Gasteiger partial charge in [-0.1, -0.05) is 25.6 Å². The summed E-state index contributed by atoms with van der Waals surface area (Å²) >= 11 is 0. The SMILES string of the molecule is C=Cc1cc(F)cc(CC(=O)NCCC)c1. The third-order valence-electron chi connectivity index (χ3n) is 2.15. The highest BCUT2D eigenvalue weighted by atomic mass is 19.1. The Bertz CT molecular complexity index is 388. The van der Waals surface area contributed by atoms with Crippen LogP contribution >= 0.6 is 0 Å². The zero-order chi connectivity index (χ0) is 12.0. The minimum Gasteiger partial charge on any atom is -0.356 e. The number of carbonyl (C=O) groups is 1. The Balaban J connectivity index is 2.69. The van der Waals surface area contributed by atoms with E-state index >= 15 is 0 Å². The molecule has 0 aliphatic heterocycles. The topological polar surface area (TPSA) is 29.1 Å². The van der Waals surface area contributed by atoms with E-state index in [0.29, 0.717) is 17.7 Å². The van der Waals surface area contributed by atoms with Crippen LogP contribution in [0.25, 0.3) is 6.08 Å². The van der Waals surface area contributed by atoms with E-state index in [4.69, 9.17) is 0 Å². The molecular weight excluding hydrogens is 205 g/mol. The first-order chi connectivity index (χ1) is 7.65. The molecule has 0 heterocycles. The highest BCUT2D eigenvalue weighted by Crippen LogP contribution is 2.10. The van der Waals surface area contributed by atoms with Crippen molar-refractivity contribution in [3.63, 3.8) is 0 Å². The summed E-state index contributed by atoms with van der Waals surface area (Å²) in [5.41, 5.74) is 1.36. The molecule has 0 aliphatic rings. The van der Waals surface area contributed by atoms with Gasteiger partial charge in [0, 0.05) is 6.54 Å². The molecule has 16 heavy (non-hydrogen) atoms. The van der Waals surface area contributed by atoms with E-state index in [1.54, 1.807) is 12.1 Å². The van der Waals surface area contributed by atoms with Crippen molar-refractivity contribution in [2.45, 2.75) is 19.8 Å². The van der Waals surface area contributed by atoms with Gasteiger partial charge in [0.2, 0.25) is 5.91 Å². The first-order valence-corrected chi connectivity index (χ1v) is 5.34. The molecule has 0 saturated heterocycles. The molecule has 0 fully saturated rings. The summed E-state index contributed by atoms with van der Waals surface area (Å²) in [6.45, 7) is 6.21. The fourth-order valence-electron chi connectivity index (χ4n) is 1.41. The van der Waals surface area contributed by atoms with Crippen LogP contribution in [0.5, 0.6) is 0 Å². The quantitative estimate of drug-likeness (QED) is 0.813. The fraction of sp³-hybridized carbons (Fsp3) is 0.308. The maximum Gasteiger partial charge on any atom is 0.224 e. The third-order valence-corrected chi connectivity index (χ3v) is 2.15. The van der Waals surface area contributed by atoms with E-state index in [-0.39, 0.29) is 18.1 Å². The lowest BCUT2D eigenvalue weighted by atomic mass is 10.1. The van der Waals surface area contributed by atoms with Crippen LogP contribution in [0.2, 0.25) is 0 Å². The summed E-state index contributed by atoms with van der Waals surface area (Å²) in [5, 5.41) is 2.75. The third kappa shape index (κ3) is 3.85. The second kappa shape index (κ2) is 6.05. The smallest absolute Gasteiger partial charge is 0.224 e. The second-order valence-corrected chi connectivity index (χ2v) is 3.62. The van der Waals surface area contributed by atoms with Crippen LogP contribution in [0, 0.1) is 5.82 Å². The molecule has 0 atom stereocenters. The van der Waals surface area contributed by atoms with Gasteiger partial charge >= 0.3 is 0 Å². The molecule has 1 amide bonds. The van der Waals surface area contributed by atoms with E-state index in [0.717, 1.165) is 6.42 Å². The Morgan fingerprint density at radius 2 is 2.25 bits per heavy atom. The van der Waals surface area contributed by atoms with Crippen molar-refractivity contribution in [3.8, 4) is 0 Å². The summed E-state index contributed by atoms with van der Waals surface area (Å²) in [5.74, 6) is -0.418. The Morgan fingerprint density at radius 3 is 2.88 bits per heavy atom. The summed E-state index contributed by atoms with van der Waals surface area (Å²) in [7, 11) is 0. The molecule has 0 bridgehead atoms. The molecule has 0 aromatic heterocycles. The molecule has 86 valence electrons. The second-order valence-electron chi connectivity index (χ2n) is 3.62. The molecular formula is C13H16FNO. The van der Waals surface area contributed by atoms with Crippen molar-refractivity contribution < 1.29 is 9.18 Å². The first kappa shape index (κ1) is 12.4. The average Bonchev–Trinajstić information content (AvgIpc) is 2.25. The number of halogens is 1. The molecule has 1 aromatic carbocycles. The number of amides is 1. The van der Waals surface area contributed by atoms with Crippen LogP contribution in [-0.4, -0.2) is 12.5 Å². The largest absolute Gasteiger partial charge is 0.356 e. The average molecular weight is 221 g/mol. The molecule has 1 rings (SSSR count). The number of hydrogen-bond acceptors (Lipinski definition) is 1. The zero-order valence-corrected chi connectivity index (χ0v) is 9.42. The van der Waals surface area contributed by atoms with Gasteiger partial charge in [-0.3, -0.25) is 4.79 Å². The number of benzene rings is 1. The van der Waals surface area contributed by atoms with Gasteiger partial charge in [-0.15, -0.1) is 0 Å². The maximum atomic E-state index is 13.1. The highest BCUT2D eigenvalue weighted by Gasteiger charge is 2.04. The van der Waals surface area contributed by atoms with Gasteiger partial charge in [-0.05, 0) is 29.7 Å². The Labute approximate surface area is 95.2 Å². The van der Waals surface area contributed by atoms with E-state index in [9.17, 15) is 9.18 Å². The standard InChI is InChI=1S/C13H16FNO/c1-3-5-15-13(16)9-11-6-10(4-2)7-12(14)8-11/h4,6-8H,2-3,5,9H2,1H3,(H,15,16). The Hall–Kier alpha value is -1.64. The van der Waals surface area contributed by atoms with Gasteiger partial charge in [-0.2, -0.15) is 0 Å². The van der Waals surface area contributed by atoms with Gasteiger partial charge in [0.05, 0.1) is 6.42 Å². The molecule has 2 nitrogen and oxygen atoms in total. The lowest BCUT2D eigenvalue weighted by molar-refractivity contribution is -0.120. The number of carbonyl (C=O) groups excluding carboxylic acids is 1. The van der Waals surface area contributed by atoms with Crippen molar-refractivity contribution in [1.82, 2.24) is 5.32 Å². The predicted octanol–water partition coefficient (Wildman–Crippen LogP) is 2.54. The van der Waals surface area contributed by atoms with Crippen LogP contribution < -0.4 is 5.32 Å². The van der Waals surface area contributed by atoms with Gasteiger partial charge in [0.15, 0.2) is 0 Å². The van der Waals surface area contributed by atoms with Gasteiger partial charge in [0.25, 0.3) is 0 Å². The van der Waals surface area contributed by atoms with Crippen LogP contribution in [-0.2, 0) is 11.2 Å². The first-order valence-electron chi connectivity index (χ1n) is 5.34. The monoisotopic (exact) mass is 221 g/mol. The number of rotatable bonds is 5. The van der Waals surface area contributed by atoms with Gasteiger partial charge in [0.1, 0.15) is 5.82 Å². The summed E-state index contributed by atoms with van der Waals surface area (Å²) in [4.78, 5) is 11.4. The molecule has 0 radical (unpaired) electrons. The number of nitrogens with one attached hydrogen (secondary N) is 1. The normalized spacial score (nSPS) is 9.88. The minimum absolute atomic E-state index is 0.0811. The van der Waals surface area contributed by atoms with Gasteiger partial charge in [-0.25, -0.2) is 4.39 Å². The molecule has 0 unspecified atom stereocenters. The van der Waals surface area contributed by atoms with Crippen molar-refractivity contribution in [3.05, 3.63) is 41.7 Å². The molecule has 0 saturated carbocycles. The van der Waals surface area contributed by atoms with E-state index < -0.39 is 0 Å². The van der Waals surface area contributed by atoms with Crippen molar-refractivity contribution >= 4 is 12.0 Å².